The number of hydrogen-bond acceptors (Lipinski definition) is 0. The van der Waals surface area contributed by atoms with Crippen LogP contribution in [-0.2, 0) is 0 Å². The second-order valence-electron chi connectivity index (χ2n) is 1.07. The van der Waals surface area contributed by atoms with Crippen LogP contribution in [0.2, 0.25) is 5.79 Å². The van der Waals surface area contributed by atoms with Crippen molar-refractivity contribution >= 4 is 28.7 Å². The Morgan fingerprint density at radius 3 is 2.00 bits per heavy atom. The summed E-state index contributed by atoms with van der Waals surface area (Å²) in [6, 6.07) is 0. The third kappa shape index (κ3) is 30.2. The summed E-state index contributed by atoms with van der Waals surface area (Å²) in [6.07, 6.45) is 6.89. The molecule has 0 aliphatic rings. The summed E-state index contributed by atoms with van der Waals surface area (Å²) in [5.41, 5.74) is 0. The van der Waals surface area contributed by atoms with Gasteiger partial charge in [0.1, 0.15) is 0 Å². The Labute approximate surface area is 72.9 Å². The van der Waals surface area contributed by atoms with Crippen LogP contribution in [0.4, 0.5) is 0 Å². The molecular weight excluding hydrogens is 147 g/mol. The standard InChI is InChI=1S/C6H10.CH3.Al.ClH.2H/c1-3-5-6-4-2;;;;;/h3,5-6H,1,4H2,2H3;1H3;;1H;;. The molecule has 0 rings (SSSR count). The average Bonchev–Trinajstić information content (AvgIpc) is 1.88. The zero-order chi connectivity index (χ0) is 6.83. The van der Waals surface area contributed by atoms with Gasteiger partial charge in [-0.15, -0.1) is 18.2 Å². The fraction of sp³-hybridized carbons (Fsp3) is 0.429. The molecule has 0 bridgehead atoms. The van der Waals surface area contributed by atoms with Gasteiger partial charge in [-0.1, -0.05) is 31.7 Å². The van der Waals surface area contributed by atoms with E-state index in [2.05, 4.69) is 25.4 Å². The molecule has 0 saturated carbocycles. The Hall–Kier alpha value is 0.302. The highest BCUT2D eigenvalue weighted by molar-refractivity contribution is 6.05. The molecule has 0 aliphatic heterocycles. The fourth-order valence-electron chi connectivity index (χ4n) is 0.232. The maximum absolute atomic E-state index is 3.51. The molecule has 9 heavy (non-hydrogen) atoms. The van der Waals surface area contributed by atoms with Crippen LogP contribution in [0.5, 0.6) is 0 Å². The molecule has 0 spiro atoms. The van der Waals surface area contributed by atoms with E-state index in [1.165, 1.54) is 16.3 Å². The number of allylic oxidation sites excluding steroid dienone is 3. The molecule has 2 heteroatoms. The Morgan fingerprint density at radius 2 is 1.89 bits per heavy atom. The first kappa shape index (κ1) is 16.1. The van der Waals surface area contributed by atoms with Crippen molar-refractivity contribution in [2.24, 2.45) is 0 Å². The van der Waals surface area contributed by atoms with Crippen LogP contribution in [0.3, 0.4) is 0 Å². The molecule has 0 saturated heterocycles. The third-order valence-electron chi connectivity index (χ3n) is 0.508. The molecule has 0 aromatic rings. The second kappa shape index (κ2) is 23.9. The normalized spacial score (nSPS) is 6.89. The number of hydrogen-bond donors (Lipinski definition) is 0. The number of halogens is 1. The van der Waals surface area contributed by atoms with Gasteiger partial charge in [-0.3, -0.25) is 0 Å². The van der Waals surface area contributed by atoms with Crippen LogP contribution < -0.4 is 0 Å². The second-order valence-corrected chi connectivity index (χ2v) is 1.07. The zero-order valence-electron chi connectivity index (χ0n) is 6.55. The van der Waals surface area contributed by atoms with Gasteiger partial charge in [0.2, 0.25) is 16.3 Å². The fourth-order valence-corrected chi connectivity index (χ4v) is 0.232. The van der Waals surface area contributed by atoms with Crippen molar-refractivity contribution in [3.63, 3.8) is 0 Å². The average molecular weight is 163 g/mol. The molecule has 0 aliphatic carbocycles. The van der Waals surface area contributed by atoms with Gasteiger partial charge < -0.3 is 0 Å². The smallest absolute Gasteiger partial charge is 0.147 e. The van der Waals surface area contributed by atoms with Crippen LogP contribution >= 0.6 is 12.4 Å². The van der Waals surface area contributed by atoms with Gasteiger partial charge in [0, 0.05) is 0 Å². The van der Waals surface area contributed by atoms with Crippen LogP contribution in [0.1, 0.15) is 13.3 Å². The van der Waals surface area contributed by atoms with Gasteiger partial charge in [-0.25, -0.2) is 0 Å². The van der Waals surface area contributed by atoms with Crippen molar-refractivity contribution in [3.05, 3.63) is 24.8 Å². The Bertz CT molecular complexity index is 59.9. The van der Waals surface area contributed by atoms with Gasteiger partial charge >= 0.3 is 0 Å². The lowest BCUT2D eigenvalue weighted by Crippen LogP contribution is -1.46. The van der Waals surface area contributed by atoms with E-state index in [-0.39, 0.29) is 12.4 Å². The first-order valence-corrected chi connectivity index (χ1v) is 5.19. The molecular formula is C7H16AlCl. The first-order valence-electron chi connectivity index (χ1n) is 3.19. The van der Waals surface area contributed by atoms with E-state index in [4.69, 9.17) is 0 Å². The molecule has 0 atom stereocenters. The van der Waals surface area contributed by atoms with E-state index < -0.39 is 0 Å². The van der Waals surface area contributed by atoms with Crippen LogP contribution in [0.25, 0.3) is 0 Å². The van der Waals surface area contributed by atoms with E-state index in [1.807, 2.05) is 6.08 Å². The van der Waals surface area contributed by atoms with E-state index in [0.717, 1.165) is 6.42 Å². The predicted octanol–water partition coefficient (Wildman–Crippen LogP) is 2.23. The third-order valence-corrected chi connectivity index (χ3v) is 0.508. The van der Waals surface area contributed by atoms with Gasteiger partial charge in [0.05, 0.1) is 0 Å². The highest BCUT2D eigenvalue weighted by Crippen LogP contribution is 1.76. The minimum atomic E-state index is 0. The predicted molar refractivity (Wildman–Crippen MR) is 51.3 cm³/mol. The minimum absolute atomic E-state index is 0. The maximum atomic E-state index is 3.51. The highest BCUT2D eigenvalue weighted by Gasteiger charge is 1.55. The van der Waals surface area contributed by atoms with Gasteiger partial charge in [-0.05, 0) is 6.42 Å². The largest absolute Gasteiger partial charge is 0.207 e. The SMILES string of the molecule is C=CC=CCC.Cl.[CH3][AlH2]. The van der Waals surface area contributed by atoms with E-state index in [0.29, 0.717) is 0 Å². The summed E-state index contributed by atoms with van der Waals surface area (Å²) in [5, 5.41) is 0. The van der Waals surface area contributed by atoms with Crippen LogP contribution in [0, 0.1) is 0 Å². The van der Waals surface area contributed by atoms with E-state index in [9.17, 15) is 0 Å². The summed E-state index contributed by atoms with van der Waals surface area (Å²) in [5.74, 6) is 2.14. The zero-order valence-corrected chi connectivity index (χ0v) is 9.37. The van der Waals surface area contributed by atoms with Gasteiger partial charge in [0.25, 0.3) is 0 Å². The summed E-state index contributed by atoms with van der Waals surface area (Å²) in [6.45, 7) is 5.61. The van der Waals surface area contributed by atoms with Gasteiger partial charge in [0.15, 0.2) is 0 Å². The molecule has 0 amide bonds. The molecule has 0 N–H and O–H groups in total. The Kier molecular flexibility index (Phi) is 42.9. The quantitative estimate of drug-likeness (QED) is 0.432. The van der Waals surface area contributed by atoms with Crippen molar-refractivity contribution < 1.29 is 0 Å². The molecule has 0 aromatic carbocycles. The molecule has 0 radical (unpaired) electrons. The lowest BCUT2D eigenvalue weighted by Gasteiger charge is -1.67. The molecule has 0 fully saturated rings. The number of rotatable bonds is 2. The Morgan fingerprint density at radius 1 is 1.44 bits per heavy atom. The summed E-state index contributed by atoms with van der Waals surface area (Å²) in [7, 11) is 0. The maximum Gasteiger partial charge on any atom is 0.207 e. The lowest BCUT2D eigenvalue weighted by atomic mass is 10.4. The van der Waals surface area contributed by atoms with Crippen LogP contribution in [0.15, 0.2) is 24.8 Å². The lowest BCUT2D eigenvalue weighted by molar-refractivity contribution is 1.22. The molecule has 0 unspecified atom stereocenters. The summed E-state index contributed by atoms with van der Waals surface area (Å²) in [4.78, 5) is 0. The molecule has 0 heterocycles. The van der Waals surface area contributed by atoms with Crippen molar-refractivity contribution in [3.8, 4) is 0 Å². The van der Waals surface area contributed by atoms with Crippen molar-refractivity contribution in [2.45, 2.75) is 19.1 Å². The first-order chi connectivity index (χ1) is 3.91. The van der Waals surface area contributed by atoms with Crippen molar-refractivity contribution in [2.75, 3.05) is 0 Å². The van der Waals surface area contributed by atoms with E-state index in [1.54, 1.807) is 6.08 Å². The molecule has 0 aromatic heterocycles. The van der Waals surface area contributed by atoms with Crippen LogP contribution in [-0.4, -0.2) is 16.3 Å². The minimum Gasteiger partial charge on any atom is -0.147 e. The monoisotopic (exact) mass is 162 g/mol. The highest BCUT2D eigenvalue weighted by atomic mass is 35.5. The summed E-state index contributed by atoms with van der Waals surface area (Å²) >= 11 is 1.31. The van der Waals surface area contributed by atoms with Crippen molar-refractivity contribution in [1.82, 2.24) is 0 Å². The van der Waals surface area contributed by atoms with Gasteiger partial charge in [-0.2, -0.15) is 0 Å². The molecule has 0 nitrogen and oxygen atoms in total. The summed E-state index contributed by atoms with van der Waals surface area (Å²) < 4.78 is 0. The molecule has 54 valence electrons. The van der Waals surface area contributed by atoms with Crippen molar-refractivity contribution in [1.29, 1.82) is 0 Å². The Balaban J connectivity index is -0.000000109. The van der Waals surface area contributed by atoms with E-state index >= 15 is 0 Å². The topological polar surface area (TPSA) is 0 Å².